The van der Waals surface area contributed by atoms with E-state index in [-0.39, 0.29) is 48.4 Å². The number of imide groups is 1. The molecule has 1 aliphatic carbocycles. The summed E-state index contributed by atoms with van der Waals surface area (Å²) in [5, 5.41) is 0. The molecule has 37 heavy (non-hydrogen) atoms. The lowest BCUT2D eigenvalue weighted by Crippen LogP contribution is -2.59. The third-order valence-electron chi connectivity index (χ3n) is 6.85. The molecule has 0 saturated carbocycles. The first-order valence-corrected chi connectivity index (χ1v) is 11.6. The summed E-state index contributed by atoms with van der Waals surface area (Å²) in [4.78, 5) is 53.8. The van der Waals surface area contributed by atoms with Crippen molar-refractivity contribution in [3.05, 3.63) is 63.6 Å². The van der Waals surface area contributed by atoms with Gasteiger partial charge >= 0.3 is 23.9 Å². The first-order valence-electron chi connectivity index (χ1n) is 11.6. The lowest BCUT2D eigenvalue weighted by molar-refractivity contribution is -0.155. The maximum absolute atomic E-state index is 13.7. The Kier molecular flexibility index (Phi) is 5.84. The highest BCUT2D eigenvalue weighted by Crippen LogP contribution is 2.44. The standard InChI is InChI=1S/C25H22F3N3O6/c1-3-36-22(33)16-12-30(13-7-9-19-20(11-13)37-24(35)29(19)2)23(34)31(21(16)32)18-10-8-14-15(18)5-4-6-17(14)25(26,27)28/h4-7,9,11,16,18H,3,8,10,12H2,1-2H3/t16?,18-/m0/s1. The molecule has 3 aromatic rings. The van der Waals surface area contributed by atoms with Crippen LogP contribution in [-0.4, -0.2) is 40.5 Å². The number of carbonyl (C=O) groups excluding carboxylic acids is 3. The Hall–Kier alpha value is -4.09. The topological polar surface area (TPSA) is 102 Å². The van der Waals surface area contributed by atoms with Gasteiger partial charge in [0.15, 0.2) is 11.5 Å². The van der Waals surface area contributed by atoms with Crippen molar-refractivity contribution in [2.75, 3.05) is 18.1 Å². The van der Waals surface area contributed by atoms with Crippen LogP contribution in [0.4, 0.5) is 23.7 Å². The highest BCUT2D eigenvalue weighted by Gasteiger charge is 2.49. The van der Waals surface area contributed by atoms with Crippen molar-refractivity contribution in [3.8, 4) is 0 Å². The van der Waals surface area contributed by atoms with Gasteiger partial charge in [-0.05, 0) is 49.1 Å². The first-order chi connectivity index (χ1) is 17.5. The van der Waals surface area contributed by atoms with Crippen LogP contribution < -0.4 is 10.7 Å². The number of urea groups is 1. The second kappa shape index (κ2) is 8.79. The maximum atomic E-state index is 13.7. The number of hydrogen-bond donors (Lipinski definition) is 0. The zero-order chi connectivity index (χ0) is 26.6. The van der Waals surface area contributed by atoms with E-state index in [1.54, 1.807) is 13.0 Å². The van der Waals surface area contributed by atoms with Gasteiger partial charge in [0.1, 0.15) is 0 Å². The molecule has 2 aliphatic rings. The Bertz CT molecular complexity index is 1490. The number of halogens is 3. The number of amides is 3. The van der Waals surface area contributed by atoms with Crippen LogP contribution in [0.25, 0.3) is 11.1 Å². The van der Waals surface area contributed by atoms with E-state index in [1.807, 2.05) is 0 Å². The van der Waals surface area contributed by atoms with Crippen LogP contribution in [0.3, 0.4) is 0 Å². The average Bonchev–Trinajstić information content (AvgIpc) is 3.39. The van der Waals surface area contributed by atoms with E-state index in [0.29, 0.717) is 5.52 Å². The molecule has 0 N–H and O–H groups in total. The molecule has 3 amide bonds. The fourth-order valence-corrected chi connectivity index (χ4v) is 5.11. The van der Waals surface area contributed by atoms with Crippen molar-refractivity contribution >= 4 is 34.7 Å². The van der Waals surface area contributed by atoms with Gasteiger partial charge in [-0.3, -0.25) is 24.0 Å². The normalized spacial score (nSPS) is 20.0. The van der Waals surface area contributed by atoms with Crippen molar-refractivity contribution in [1.82, 2.24) is 9.47 Å². The van der Waals surface area contributed by atoms with E-state index in [4.69, 9.17) is 9.15 Å². The molecule has 2 atom stereocenters. The smallest absolute Gasteiger partial charge is 0.419 e. The highest BCUT2D eigenvalue weighted by atomic mass is 19.4. The molecule has 9 nitrogen and oxygen atoms in total. The van der Waals surface area contributed by atoms with Gasteiger partial charge in [-0.1, -0.05) is 12.1 Å². The van der Waals surface area contributed by atoms with E-state index >= 15 is 0 Å². The zero-order valence-corrected chi connectivity index (χ0v) is 19.9. The van der Waals surface area contributed by atoms with Gasteiger partial charge in [0.05, 0.1) is 30.3 Å². The van der Waals surface area contributed by atoms with Gasteiger partial charge in [0, 0.05) is 18.8 Å². The van der Waals surface area contributed by atoms with Crippen molar-refractivity contribution in [3.63, 3.8) is 0 Å². The zero-order valence-electron chi connectivity index (χ0n) is 19.9. The maximum Gasteiger partial charge on any atom is 0.419 e. The minimum Gasteiger partial charge on any atom is -0.465 e. The highest BCUT2D eigenvalue weighted by molar-refractivity contribution is 6.13. The summed E-state index contributed by atoms with van der Waals surface area (Å²) in [6, 6.07) is 6.43. The fourth-order valence-electron chi connectivity index (χ4n) is 5.11. The van der Waals surface area contributed by atoms with Gasteiger partial charge < -0.3 is 9.15 Å². The third-order valence-corrected chi connectivity index (χ3v) is 6.85. The number of hydrogen-bond acceptors (Lipinski definition) is 6. The van der Waals surface area contributed by atoms with Gasteiger partial charge in [0.25, 0.3) is 0 Å². The molecule has 5 rings (SSSR count). The molecule has 0 radical (unpaired) electrons. The van der Waals surface area contributed by atoms with Crippen LogP contribution >= 0.6 is 0 Å². The number of aromatic nitrogens is 1. The molecule has 2 aromatic carbocycles. The third kappa shape index (κ3) is 3.96. The summed E-state index contributed by atoms with van der Waals surface area (Å²) < 4.78 is 52.4. The Balaban J connectivity index is 1.59. The Morgan fingerprint density at radius 3 is 2.62 bits per heavy atom. The Morgan fingerprint density at radius 1 is 1.16 bits per heavy atom. The lowest BCUT2D eigenvalue weighted by atomic mass is 9.98. The van der Waals surface area contributed by atoms with Gasteiger partial charge in [-0.2, -0.15) is 13.2 Å². The number of aryl methyl sites for hydroxylation is 1. The SMILES string of the molecule is CCOC(=O)C1CN(c2ccc3c(c2)oc(=O)n3C)C(=O)N([C@H]2CCc3c2cccc3C(F)(F)F)C1=O. The van der Waals surface area contributed by atoms with Crippen molar-refractivity contribution in [2.45, 2.75) is 32.0 Å². The predicted octanol–water partition coefficient (Wildman–Crippen LogP) is 3.79. The fraction of sp³-hybridized carbons (Fsp3) is 0.360. The number of rotatable bonds is 4. The summed E-state index contributed by atoms with van der Waals surface area (Å²) in [6.45, 7) is 1.24. The Labute approximate surface area is 208 Å². The minimum atomic E-state index is -4.59. The van der Waals surface area contributed by atoms with E-state index in [9.17, 15) is 32.3 Å². The second-order valence-electron chi connectivity index (χ2n) is 8.91. The van der Waals surface area contributed by atoms with Crippen molar-refractivity contribution in [2.24, 2.45) is 13.0 Å². The summed E-state index contributed by atoms with van der Waals surface area (Å²) >= 11 is 0. The summed E-state index contributed by atoms with van der Waals surface area (Å²) in [5.41, 5.74) is 0.338. The quantitative estimate of drug-likeness (QED) is 0.386. The molecule has 0 spiro atoms. The van der Waals surface area contributed by atoms with Gasteiger partial charge in [-0.15, -0.1) is 0 Å². The van der Waals surface area contributed by atoms with Crippen molar-refractivity contribution in [1.29, 1.82) is 0 Å². The molecular formula is C25H22F3N3O6. The summed E-state index contributed by atoms with van der Waals surface area (Å²) in [5.74, 6) is -3.67. The number of carbonyl (C=O) groups is 3. The van der Waals surface area contributed by atoms with Gasteiger partial charge in [0.2, 0.25) is 5.91 Å². The number of alkyl halides is 3. The summed E-state index contributed by atoms with van der Waals surface area (Å²) in [7, 11) is 1.52. The van der Waals surface area contributed by atoms with Crippen LogP contribution in [-0.2, 0) is 34.0 Å². The van der Waals surface area contributed by atoms with Crippen LogP contribution in [0.15, 0.2) is 45.6 Å². The minimum absolute atomic E-state index is 0.00110. The number of benzene rings is 2. The molecule has 1 aromatic heterocycles. The predicted molar refractivity (Wildman–Crippen MR) is 124 cm³/mol. The molecular weight excluding hydrogens is 495 g/mol. The lowest BCUT2D eigenvalue weighted by Gasteiger charge is -2.40. The monoisotopic (exact) mass is 517 g/mol. The van der Waals surface area contributed by atoms with Crippen LogP contribution in [0, 0.1) is 5.92 Å². The van der Waals surface area contributed by atoms with E-state index < -0.39 is 47.4 Å². The molecule has 1 unspecified atom stereocenters. The number of nitrogens with zero attached hydrogens (tertiary/aromatic N) is 3. The van der Waals surface area contributed by atoms with E-state index in [2.05, 4.69) is 0 Å². The molecule has 12 heteroatoms. The van der Waals surface area contributed by atoms with Crippen LogP contribution in [0.2, 0.25) is 0 Å². The van der Waals surface area contributed by atoms with Crippen molar-refractivity contribution < 1.29 is 36.7 Å². The average molecular weight is 517 g/mol. The van der Waals surface area contributed by atoms with E-state index in [1.165, 1.54) is 40.8 Å². The molecule has 1 saturated heterocycles. The second-order valence-corrected chi connectivity index (χ2v) is 8.91. The number of ether oxygens (including phenoxy) is 1. The number of oxazole rings is 1. The van der Waals surface area contributed by atoms with E-state index in [0.717, 1.165) is 11.0 Å². The molecule has 1 fully saturated rings. The number of anilines is 1. The first kappa shape index (κ1) is 24.6. The largest absolute Gasteiger partial charge is 0.465 e. The molecule has 2 heterocycles. The molecule has 0 bridgehead atoms. The van der Waals surface area contributed by atoms with Crippen LogP contribution in [0.1, 0.15) is 36.1 Å². The number of esters is 1. The molecule has 1 aliphatic heterocycles. The van der Waals surface area contributed by atoms with Gasteiger partial charge in [-0.25, -0.2) is 9.59 Å². The van der Waals surface area contributed by atoms with Crippen LogP contribution in [0.5, 0.6) is 0 Å². The summed E-state index contributed by atoms with van der Waals surface area (Å²) in [6.07, 6.45) is -4.50. The molecule has 194 valence electrons. The Morgan fingerprint density at radius 2 is 1.92 bits per heavy atom. The number of fused-ring (bicyclic) bond motifs is 2.